The Morgan fingerprint density at radius 2 is 1.82 bits per heavy atom. The Bertz CT molecular complexity index is 489. The fourth-order valence-corrected chi connectivity index (χ4v) is 3.54. The Morgan fingerprint density at radius 1 is 1.23 bits per heavy atom. The van der Waals surface area contributed by atoms with Gasteiger partial charge >= 0.3 is 5.97 Å². The SMILES string of the molecule is CCOC(=O)[C@]1(c2ccccc2)C[C@@H]1CN(C(C)C)C(C)C. The highest BCUT2D eigenvalue weighted by atomic mass is 16.5. The Kier molecular flexibility index (Phi) is 5.28. The van der Waals surface area contributed by atoms with Gasteiger partial charge in [-0.25, -0.2) is 0 Å². The maximum atomic E-state index is 12.6. The number of carbonyl (C=O) groups excluding carboxylic acids is 1. The fourth-order valence-electron chi connectivity index (χ4n) is 3.54. The average molecular weight is 303 g/mol. The van der Waals surface area contributed by atoms with Crippen molar-refractivity contribution >= 4 is 5.97 Å². The van der Waals surface area contributed by atoms with Crippen LogP contribution in [0.15, 0.2) is 30.3 Å². The van der Waals surface area contributed by atoms with Crippen molar-refractivity contribution in [3.05, 3.63) is 35.9 Å². The van der Waals surface area contributed by atoms with Gasteiger partial charge in [-0.2, -0.15) is 0 Å². The molecule has 122 valence electrons. The summed E-state index contributed by atoms with van der Waals surface area (Å²) in [5.41, 5.74) is 0.671. The zero-order valence-electron chi connectivity index (χ0n) is 14.5. The van der Waals surface area contributed by atoms with Crippen LogP contribution in [-0.4, -0.2) is 36.1 Å². The molecule has 0 radical (unpaired) electrons. The lowest BCUT2D eigenvalue weighted by Gasteiger charge is -2.31. The number of esters is 1. The summed E-state index contributed by atoms with van der Waals surface area (Å²) in [6.45, 7) is 12.1. The summed E-state index contributed by atoms with van der Waals surface area (Å²) in [6, 6.07) is 11.1. The molecule has 3 heteroatoms. The molecule has 0 N–H and O–H groups in total. The van der Waals surface area contributed by atoms with Crippen LogP contribution in [0.3, 0.4) is 0 Å². The van der Waals surface area contributed by atoms with Gasteiger partial charge in [-0.15, -0.1) is 0 Å². The molecule has 3 nitrogen and oxygen atoms in total. The molecule has 2 rings (SSSR count). The summed E-state index contributed by atoms with van der Waals surface area (Å²) < 4.78 is 5.40. The van der Waals surface area contributed by atoms with E-state index < -0.39 is 5.41 Å². The second kappa shape index (κ2) is 6.82. The molecule has 1 aliphatic rings. The van der Waals surface area contributed by atoms with Crippen molar-refractivity contribution in [2.24, 2.45) is 5.92 Å². The maximum Gasteiger partial charge on any atom is 0.316 e. The van der Waals surface area contributed by atoms with Crippen LogP contribution in [0.5, 0.6) is 0 Å². The van der Waals surface area contributed by atoms with Crippen LogP contribution >= 0.6 is 0 Å². The van der Waals surface area contributed by atoms with E-state index in [2.05, 4.69) is 44.7 Å². The van der Waals surface area contributed by atoms with E-state index in [-0.39, 0.29) is 5.97 Å². The van der Waals surface area contributed by atoms with Gasteiger partial charge < -0.3 is 4.74 Å². The highest BCUT2D eigenvalue weighted by Gasteiger charge is 2.62. The molecule has 2 atom stereocenters. The van der Waals surface area contributed by atoms with Gasteiger partial charge in [0.25, 0.3) is 0 Å². The first-order valence-electron chi connectivity index (χ1n) is 8.42. The van der Waals surface area contributed by atoms with Crippen LogP contribution in [0.25, 0.3) is 0 Å². The molecule has 1 fully saturated rings. The van der Waals surface area contributed by atoms with E-state index in [0.717, 1.165) is 18.5 Å². The molecule has 1 aromatic carbocycles. The lowest BCUT2D eigenvalue weighted by molar-refractivity contribution is -0.146. The quantitative estimate of drug-likeness (QED) is 0.720. The van der Waals surface area contributed by atoms with Gasteiger partial charge in [-0.3, -0.25) is 9.69 Å². The van der Waals surface area contributed by atoms with E-state index >= 15 is 0 Å². The molecule has 1 aromatic rings. The molecule has 0 aliphatic heterocycles. The van der Waals surface area contributed by atoms with Gasteiger partial charge in [0.15, 0.2) is 0 Å². The van der Waals surface area contributed by atoms with Gasteiger partial charge in [0, 0.05) is 18.6 Å². The Hall–Kier alpha value is -1.35. The molecule has 0 unspecified atom stereocenters. The number of carbonyl (C=O) groups is 1. The first-order chi connectivity index (χ1) is 10.4. The molecule has 0 amide bonds. The van der Waals surface area contributed by atoms with E-state index in [1.165, 1.54) is 0 Å². The summed E-state index contributed by atoms with van der Waals surface area (Å²) in [7, 11) is 0. The van der Waals surface area contributed by atoms with Gasteiger partial charge in [0.1, 0.15) is 0 Å². The molecule has 0 bridgehead atoms. The van der Waals surface area contributed by atoms with E-state index in [0.29, 0.717) is 24.6 Å². The standard InChI is InChI=1S/C19H29NO2/c1-6-22-18(21)19(16-10-8-7-9-11-16)12-17(19)13-20(14(2)3)15(4)5/h7-11,14-15,17H,6,12-13H2,1-5H3/t17-,19+/m1/s1. The lowest BCUT2D eigenvalue weighted by atomic mass is 9.93. The minimum Gasteiger partial charge on any atom is -0.465 e. The summed E-state index contributed by atoms with van der Waals surface area (Å²) >= 11 is 0. The first kappa shape index (κ1) is 17.0. The van der Waals surface area contributed by atoms with Crippen molar-refractivity contribution in [2.45, 2.75) is 58.5 Å². The Balaban J connectivity index is 2.22. The van der Waals surface area contributed by atoms with E-state index in [9.17, 15) is 4.79 Å². The van der Waals surface area contributed by atoms with E-state index in [1.54, 1.807) is 0 Å². The molecule has 0 heterocycles. The van der Waals surface area contributed by atoms with Crippen LogP contribution in [0, 0.1) is 5.92 Å². The van der Waals surface area contributed by atoms with E-state index in [4.69, 9.17) is 4.74 Å². The van der Waals surface area contributed by atoms with Crippen LogP contribution in [-0.2, 0) is 14.9 Å². The number of benzene rings is 1. The predicted octanol–water partition coefficient (Wildman–Crippen LogP) is 3.63. The minimum absolute atomic E-state index is 0.0568. The molecule has 22 heavy (non-hydrogen) atoms. The number of ether oxygens (including phenoxy) is 1. The van der Waals surface area contributed by atoms with Crippen molar-refractivity contribution in [3.8, 4) is 0 Å². The predicted molar refractivity (Wildman–Crippen MR) is 89.8 cm³/mol. The minimum atomic E-state index is -0.431. The number of hydrogen-bond acceptors (Lipinski definition) is 3. The molecule has 1 saturated carbocycles. The second-order valence-corrected chi connectivity index (χ2v) is 6.84. The number of hydrogen-bond donors (Lipinski definition) is 0. The van der Waals surface area contributed by atoms with Crippen LogP contribution < -0.4 is 0 Å². The average Bonchev–Trinajstić information content (AvgIpc) is 3.21. The fraction of sp³-hybridized carbons (Fsp3) is 0.632. The van der Waals surface area contributed by atoms with Gasteiger partial charge in [-0.1, -0.05) is 30.3 Å². The molecule has 0 saturated heterocycles. The number of rotatable bonds is 7. The third-order valence-corrected chi connectivity index (χ3v) is 4.79. The first-order valence-corrected chi connectivity index (χ1v) is 8.42. The monoisotopic (exact) mass is 303 g/mol. The van der Waals surface area contributed by atoms with Crippen LogP contribution in [0.2, 0.25) is 0 Å². The maximum absolute atomic E-state index is 12.6. The third kappa shape index (κ3) is 3.19. The lowest BCUT2D eigenvalue weighted by Crippen LogP contribution is -2.40. The topological polar surface area (TPSA) is 29.5 Å². The summed E-state index contributed by atoms with van der Waals surface area (Å²) in [5, 5.41) is 0. The summed E-state index contributed by atoms with van der Waals surface area (Å²) in [6.07, 6.45) is 0.895. The van der Waals surface area contributed by atoms with Crippen molar-refractivity contribution < 1.29 is 9.53 Å². The normalized spacial score (nSPS) is 24.1. The van der Waals surface area contributed by atoms with Crippen molar-refractivity contribution in [1.82, 2.24) is 4.90 Å². The molecule has 0 spiro atoms. The summed E-state index contributed by atoms with van der Waals surface area (Å²) in [5.74, 6) is 0.289. The number of nitrogens with zero attached hydrogens (tertiary/aromatic N) is 1. The Labute approximate surface area is 134 Å². The van der Waals surface area contributed by atoms with Crippen molar-refractivity contribution in [3.63, 3.8) is 0 Å². The van der Waals surface area contributed by atoms with Crippen molar-refractivity contribution in [1.29, 1.82) is 0 Å². The third-order valence-electron chi connectivity index (χ3n) is 4.79. The molecular weight excluding hydrogens is 274 g/mol. The second-order valence-electron chi connectivity index (χ2n) is 6.84. The smallest absolute Gasteiger partial charge is 0.316 e. The van der Waals surface area contributed by atoms with Crippen LogP contribution in [0.4, 0.5) is 0 Å². The Morgan fingerprint density at radius 3 is 2.32 bits per heavy atom. The molecule has 1 aliphatic carbocycles. The van der Waals surface area contributed by atoms with E-state index in [1.807, 2.05) is 25.1 Å². The highest BCUT2D eigenvalue weighted by molar-refractivity contribution is 5.87. The largest absolute Gasteiger partial charge is 0.465 e. The highest BCUT2D eigenvalue weighted by Crippen LogP contribution is 2.55. The molecule has 0 aromatic heterocycles. The molecular formula is C19H29NO2. The van der Waals surface area contributed by atoms with Gasteiger partial charge in [0.05, 0.1) is 12.0 Å². The van der Waals surface area contributed by atoms with Crippen LogP contribution in [0.1, 0.15) is 46.6 Å². The zero-order valence-corrected chi connectivity index (χ0v) is 14.5. The zero-order chi connectivity index (χ0) is 16.3. The van der Waals surface area contributed by atoms with Crippen molar-refractivity contribution in [2.75, 3.05) is 13.2 Å². The van der Waals surface area contributed by atoms with Gasteiger partial charge in [0.2, 0.25) is 0 Å². The van der Waals surface area contributed by atoms with Gasteiger partial charge in [-0.05, 0) is 52.5 Å². The summed E-state index contributed by atoms with van der Waals surface area (Å²) in [4.78, 5) is 15.1.